The monoisotopic (exact) mass is 672 g/mol. The van der Waals surface area contributed by atoms with Gasteiger partial charge in [-0.3, -0.25) is 0 Å². The molecule has 3 rings (SSSR count). The van der Waals surface area contributed by atoms with Gasteiger partial charge in [-0.1, -0.05) is 0 Å². The number of hydrogen-bond donors (Lipinski definition) is 0. The average molecular weight is 669 g/mol. The topological polar surface area (TPSA) is 0 Å². The molecule has 0 aromatic carbocycles. The average Bonchev–Trinajstić information content (AvgIpc) is 3.40. The summed E-state index contributed by atoms with van der Waals surface area (Å²) < 4.78 is 7.73. The van der Waals surface area contributed by atoms with Crippen LogP contribution in [0.4, 0.5) is 0 Å². The predicted octanol–water partition coefficient (Wildman–Crippen LogP) is 7.11. The van der Waals surface area contributed by atoms with Crippen LogP contribution in [-0.4, -0.2) is 49.4 Å². The predicted molar refractivity (Wildman–Crippen MR) is 127 cm³/mol. The van der Waals surface area contributed by atoms with Crippen molar-refractivity contribution < 1.29 is 0 Å². The van der Waals surface area contributed by atoms with Crippen molar-refractivity contribution in [1.29, 1.82) is 0 Å². The van der Waals surface area contributed by atoms with Crippen LogP contribution >= 0.6 is 15.9 Å². The molecule has 3 heterocycles. The van der Waals surface area contributed by atoms with E-state index in [9.17, 15) is 0 Å². The molecule has 0 fully saturated rings. The molecule has 4 heteroatoms. The number of unbranched alkanes of at least 4 members (excludes halogenated alkanes) is 6. The zero-order valence-corrected chi connectivity index (χ0v) is 23.3. The van der Waals surface area contributed by atoms with Crippen molar-refractivity contribution in [1.82, 2.24) is 0 Å². The molecular formula is C23H27BrSe2Te. The van der Waals surface area contributed by atoms with Crippen LogP contribution in [0.25, 0.3) is 23.6 Å². The van der Waals surface area contributed by atoms with E-state index in [1.54, 1.807) is 21.6 Å². The third-order valence-electron chi connectivity index (χ3n) is 4.79. The molecule has 144 valence electrons. The van der Waals surface area contributed by atoms with Gasteiger partial charge in [0, 0.05) is 0 Å². The van der Waals surface area contributed by atoms with Crippen molar-refractivity contribution in [3.8, 4) is 18.0 Å². The summed E-state index contributed by atoms with van der Waals surface area (Å²) in [6.07, 6.45) is 10.8. The molecule has 0 saturated carbocycles. The third kappa shape index (κ3) is 6.23. The van der Waals surface area contributed by atoms with Gasteiger partial charge in [0.25, 0.3) is 0 Å². The molecule has 27 heavy (non-hydrogen) atoms. The van der Waals surface area contributed by atoms with Crippen LogP contribution in [0.2, 0.25) is 0 Å². The maximum atomic E-state index is 4.43. The fraction of sp³-hybridized carbons (Fsp3) is 0.391. The molecule has 0 atom stereocenters. The van der Waals surface area contributed by atoms with E-state index in [0.29, 0.717) is 29.0 Å². The molecule has 0 spiro atoms. The molecule has 0 aliphatic rings. The molecular weight excluding hydrogens is 642 g/mol. The van der Waals surface area contributed by atoms with Gasteiger partial charge in [0.15, 0.2) is 0 Å². The van der Waals surface area contributed by atoms with Crippen LogP contribution < -0.4 is 0 Å². The SMILES string of the molecule is C=C(CCCCCCCCC)c1ccc(-c2cc[se]c2-c2[se]ccc2Br)[te]1. The zero-order valence-electron chi connectivity index (χ0n) is 15.9. The molecule has 0 amide bonds. The molecule has 0 unspecified atom stereocenters. The second kappa shape index (κ2) is 11.6. The summed E-state index contributed by atoms with van der Waals surface area (Å²) in [4.78, 5) is 4.73. The van der Waals surface area contributed by atoms with Gasteiger partial charge < -0.3 is 0 Å². The molecule has 3 aromatic rings. The van der Waals surface area contributed by atoms with Gasteiger partial charge in [0.1, 0.15) is 0 Å². The zero-order chi connectivity index (χ0) is 19.1. The van der Waals surface area contributed by atoms with Crippen LogP contribution in [-0.2, 0) is 0 Å². The molecule has 0 bridgehead atoms. The fourth-order valence-electron chi connectivity index (χ4n) is 3.23. The van der Waals surface area contributed by atoms with Gasteiger partial charge in [0.05, 0.1) is 0 Å². The van der Waals surface area contributed by atoms with Crippen molar-refractivity contribution in [2.75, 3.05) is 0 Å². The Morgan fingerprint density at radius 1 is 0.926 bits per heavy atom. The van der Waals surface area contributed by atoms with Gasteiger partial charge in [-0.25, -0.2) is 0 Å². The van der Waals surface area contributed by atoms with E-state index >= 15 is 0 Å². The minimum atomic E-state index is -0.268. The molecule has 0 saturated heterocycles. The molecule has 0 aliphatic carbocycles. The Bertz CT molecular complexity index is 855. The Hall–Kier alpha value is 0.489. The van der Waals surface area contributed by atoms with E-state index in [1.165, 1.54) is 61.4 Å². The normalized spacial score (nSPS) is 11.2. The van der Waals surface area contributed by atoms with E-state index in [1.807, 2.05) is 0 Å². The van der Waals surface area contributed by atoms with Crippen molar-refractivity contribution in [2.24, 2.45) is 0 Å². The van der Waals surface area contributed by atoms with Crippen molar-refractivity contribution in [2.45, 2.75) is 58.3 Å². The Morgan fingerprint density at radius 3 is 2.37 bits per heavy atom. The third-order valence-corrected chi connectivity index (χ3v) is 14.1. The minimum absolute atomic E-state index is 0.268. The van der Waals surface area contributed by atoms with Gasteiger partial charge in [-0.2, -0.15) is 0 Å². The first-order valence-electron chi connectivity index (χ1n) is 9.80. The van der Waals surface area contributed by atoms with E-state index in [4.69, 9.17) is 0 Å². The van der Waals surface area contributed by atoms with E-state index in [-0.39, 0.29) is 20.4 Å². The summed E-state index contributed by atoms with van der Waals surface area (Å²) in [6, 6.07) is 9.41. The standard InChI is InChI=1S/C23H27BrSe2Te/c1-3-4-5-6-7-8-9-10-17(2)20-11-12-21(27-20)18-13-15-25-22(18)23-19(24)14-16-26-23/h11-16H,2-10H2,1H3. The summed E-state index contributed by atoms with van der Waals surface area (Å²) >= 11 is 4.50. The Labute approximate surface area is 194 Å². The first-order valence-corrected chi connectivity index (χ1v) is 16.6. The summed E-state index contributed by atoms with van der Waals surface area (Å²) in [5.41, 5.74) is 2.96. The van der Waals surface area contributed by atoms with Crippen LogP contribution in [0, 0.1) is 0 Å². The van der Waals surface area contributed by atoms with Crippen LogP contribution in [0.3, 0.4) is 0 Å². The second-order valence-electron chi connectivity index (χ2n) is 6.90. The molecule has 0 N–H and O–H groups in total. The molecule has 3 aromatic heterocycles. The number of halogens is 1. The van der Waals surface area contributed by atoms with Crippen molar-refractivity contribution >= 4 is 70.9 Å². The van der Waals surface area contributed by atoms with Gasteiger partial charge in [-0.05, 0) is 0 Å². The maximum absolute atomic E-state index is 4.43. The fourth-order valence-corrected chi connectivity index (χ4v) is 12.5. The second-order valence-corrected chi connectivity index (χ2v) is 14.7. The van der Waals surface area contributed by atoms with E-state index < -0.39 is 0 Å². The van der Waals surface area contributed by atoms with Crippen LogP contribution in [0.5, 0.6) is 0 Å². The Morgan fingerprint density at radius 2 is 1.63 bits per heavy atom. The molecule has 0 aliphatic heterocycles. The van der Waals surface area contributed by atoms with E-state index in [2.05, 4.69) is 63.6 Å². The molecule has 0 radical (unpaired) electrons. The summed E-state index contributed by atoms with van der Waals surface area (Å²) in [6.45, 7) is 6.72. The molecule has 0 nitrogen and oxygen atoms in total. The van der Waals surface area contributed by atoms with Gasteiger partial charge >= 0.3 is 196 Å². The first-order chi connectivity index (χ1) is 13.2. The first kappa shape index (κ1) is 22.2. The van der Waals surface area contributed by atoms with Gasteiger partial charge in [0.2, 0.25) is 0 Å². The van der Waals surface area contributed by atoms with E-state index in [0.717, 1.165) is 0 Å². The van der Waals surface area contributed by atoms with Crippen LogP contribution in [0.1, 0.15) is 61.9 Å². The Kier molecular flexibility index (Phi) is 9.54. The number of hydrogen-bond acceptors (Lipinski definition) is 0. The quantitative estimate of drug-likeness (QED) is 0.151. The van der Waals surface area contributed by atoms with Gasteiger partial charge in [-0.15, -0.1) is 0 Å². The summed E-state index contributed by atoms with van der Waals surface area (Å²) in [5.74, 6) is 0. The van der Waals surface area contributed by atoms with Crippen LogP contribution in [0.15, 0.2) is 45.2 Å². The van der Waals surface area contributed by atoms with Crippen molar-refractivity contribution in [3.05, 3.63) is 48.8 Å². The summed E-state index contributed by atoms with van der Waals surface area (Å²) in [7, 11) is 0. The summed E-state index contributed by atoms with van der Waals surface area (Å²) in [5, 5.41) is 0. The number of rotatable bonds is 11. The number of allylic oxidation sites excluding steroid dienone is 1. The Balaban J connectivity index is 1.57. The van der Waals surface area contributed by atoms with Crippen molar-refractivity contribution in [3.63, 3.8) is 0 Å².